The average Bonchev–Trinajstić information content (AvgIpc) is 2.59. The van der Waals surface area contributed by atoms with Gasteiger partial charge >= 0.3 is 0 Å². The Balaban J connectivity index is 2.26. The van der Waals surface area contributed by atoms with Crippen molar-refractivity contribution in [1.82, 2.24) is 9.62 Å². The minimum atomic E-state index is -3.72. The van der Waals surface area contributed by atoms with Gasteiger partial charge in [0.1, 0.15) is 10.6 Å². The summed E-state index contributed by atoms with van der Waals surface area (Å²) in [4.78, 5) is 12.4. The van der Waals surface area contributed by atoms with Crippen molar-refractivity contribution in [3.05, 3.63) is 59.2 Å². The van der Waals surface area contributed by atoms with Crippen molar-refractivity contribution in [1.29, 1.82) is 0 Å². The lowest BCUT2D eigenvalue weighted by Crippen LogP contribution is -2.25. The van der Waals surface area contributed by atoms with Crippen LogP contribution in [0.1, 0.15) is 21.5 Å². The molecule has 7 heteroatoms. The molecule has 1 N–H and O–H groups in total. The van der Waals surface area contributed by atoms with Gasteiger partial charge in [-0.2, -0.15) is 0 Å². The van der Waals surface area contributed by atoms with Gasteiger partial charge in [-0.15, -0.1) is 0 Å². The number of hydrogen-bond donors (Lipinski definition) is 1. The highest BCUT2D eigenvalue weighted by Crippen LogP contribution is 2.26. The van der Waals surface area contributed by atoms with Crippen molar-refractivity contribution in [2.75, 3.05) is 21.2 Å². The molecule has 2 aromatic rings. The first-order valence-corrected chi connectivity index (χ1v) is 9.14. The fourth-order valence-electron chi connectivity index (χ4n) is 2.32. The van der Waals surface area contributed by atoms with E-state index in [2.05, 4.69) is 5.32 Å². The van der Waals surface area contributed by atoms with E-state index in [1.165, 1.54) is 33.3 Å². The number of rotatable bonds is 6. The number of nitrogens with zero attached hydrogens (tertiary/aromatic N) is 1. The molecule has 2 rings (SSSR count). The molecule has 0 radical (unpaired) electrons. The molecular weight excluding hydrogens is 340 g/mol. The van der Waals surface area contributed by atoms with Gasteiger partial charge < -0.3 is 10.1 Å². The van der Waals surface area contributed by atoms with Crippen LogP contribution in [0.2, 0.25) is 0 Å². The van der Waals surface area contributed by atoms with Gasteiger partial charge in [0.15, 0.2) is 0 Å². The van der Waals surface area contributed by atoms with E-state index in [0.717, 1.165) is 15.4 Å². The van der Waals surface area contributed by atoms with E-state index in [1.807, 2.05) is 31.2 Å². The Morgan fingerprint density at radius 2 is 1.88 bits per heavy atom. The Morgan fingerprint density at radius 3 is 2.48 bits per heavy atom. The van der Waals surface area contributed by atoms with Crippen LogP contribution in [-0.4, -0.2) is 39.8 Å². The van der Waals surface area contributed by atoms with E-state index in [0.29, 0.717) is 6.54 Å². The van der Waals surface area contributed by atoms with Crippen LogP contribution in [0.5, 0.6) is 5.75 Å². The van der Waals surface area contributed by atoms with Gasteiger partial charge in [0, 0.05) is 26.2 Å². The predicted octanol–water partition coefficient (Wildman–Crippen LogP) is 2.18. The van der Waals surface area contributed by atoms with Crippen LogP contribution in [0.25, 0.3) is 0 Å². The fourth-order valence-corrected chi connectivity index (χ4v) is 3.40. The molecular formula is C18H22N2O4S. The van der Waals surface area contributed by atoms with Gasteiger partial charge in [0.05, 0.1) is 7.11 Å². The first-order chi connectivity index (χ1) is 11.8. The van der Waals surface area contributed by atoms with E-state index in [1.54, 1.807) is 6.07 Å². The number of ether oxygens (including phenoxy) is 1. The van der Waals surface area contributed by atoms with Gasteiger partial charge in [-0.25, -0.2) is 12.7 Å². The molecule has 134 valence electrons. The van der Waals surface area contributed by atoms with E-state index < -0.39 is 10.0 Å². The van der Waals surface area contributed by atoms with Gasteiger partial charge in [-0.3, -0.25) is 4.79 Å². The summed E-state index contributed by atoms with van der Waals surface area (Å²) in [5.74, 6) is -0.150. The molecule has 0 spiro atoms. The van der Waals surface area contributed by atoms with Crippen LogP contribution in [0, 0.1) is 6.92 Å². The summed E-state index contributed by atoms with van der Waals surface area (Å²) in [7, 11) is 0.530. The Kier molecular flexibility index (Phi) is 5.81. The van der Waals surface area contributed by atoms with Gasteiger partial charge in [0.25, 0.3) is 5.91 Å². The smallest absolute Gasteiger partial charge is 0.251 e. The molecule has 0 aliphatic carbocycles. The number of methoxy groups -OCH3 is 1. The number of nitrogens with one attached hydrogen (secondary N) is 1. The highest BCUT2D eigenvalue weighted by molar-refractivity contribution is 7.89. The highest BCUT2D eigenvalue weighted by Gasteiger charge is 2.23. The van der Waals surface area contributed by atoms with E-state index >= 15 is 0 Å². The molecule has 0 aliphatic rings. The topological polar surface area (TPSA) is 75.7 Å². The zero-order valence-electron chi connectivity index (χ0n) is 14.7. The third-order valence-electron chi connectivity index (χ3n) is 3.72. The first-order valence-electron chi connectivity index (χ1n) is 7.70. The lowest BCUT2D eigenvalue weighted by Gasteiger charge is -2.15. The molecule has 0 atom stereocenters. The van der Waals surface area contributed by atoms with E-state index in [9.17, 15) is 13.2 Å². The lowest BCUT2D eigenvalue weighted by atomic mass is 10.1. The maximum atomic E-state index is 12.4. The summed E-state index contributed by atoms with van der Waals surface area (Å²) in [6, 6.07) is 12.2. The Bertz CT molecular complexity index is 876. The Morgan fingerprint density at radius 1 is 1.16 bits per heavy atom. The van der Waals surface area contributed by atoms with Crippen molar-refractivity contribution in [2.45, 2.75) is 18.4 Å². The quantitative estimate of drug-likeness (QED) is 0.855. The van der Waals surface area contributed by atoms with Gasteiger partial charge in [-0.1, -0.05) is 29.8 Å². The van der Waals surface area contributed by atoms with Crippen molar-refractivity contribution >= 4 is 15.9 Å². The maximum Gasteiger partial charge on any atom is 0.251 e. The second-order valence-electron chi connectivity index (χ2n) is 5.82. The molecule has 0 bridgehead atoms. The first kappa shape index (κ1) is 19.0. The fraction of sp³-hybridized carbons (Fsp3) is 0.278. The van der Waals surface area contributed by atoms with Crippen LogP contribution < -0.4 is 10.1 Å². The van der Waals surface area contributed by atoms with E-state index in [-0.39, 0.29) is 22.1 Å². The number of carbonyl (C=O) groups excluding carboxylic acids is 1. The van der Waals surface area contributed by atoms with Crippen LogP contribution in [-0.2, 0) is 16.6 Å². The summed E-state index contributed by atoms with van der Waals surface area (Å²) in [6.45, 7) is 2.34. The van der Waals surface area contributed by atoms with Crippen molar-refractivity contribution in [3.63, 3.8) is 0 Å². The molecule has 0 saturated carbocycles. The summed E-state index contributed by atoms with van der Waals surface area (Å²) < 4.78 is 31.0. The number of hydrogen-bond acceptors (Lipinski definition) is 4. The molecule has 1 amide bonds. The van der Waals surface area contributed by atoms with Crippen molar-refractivity contribution in [3.8, 4) is 5.75 Å². The molecule has 0 unspecified atom stereocenters. The third-order valence-corrected chi connectivity index (χ3v) is 5.56. The summed E-state index contributed by atoms with van der Waals surface area (Å²) in [6.07, 6.45) is 0. The molecule has 0 aliphatic heterocycles. The zero-order chi connectivity index (χ0) is 18.6. The van der Waals surface area contributed by atoms with E-state index in [4.69, 9.17) is 4.74 Å². The molecule has 25 heavy (non-hydrogen) atoms. The van der Waals surface area contributed by atoms with Crippen LogP contribution in [0.3, 0.4) is 0 Å². The number of sulfonamides is 1. The highest BCUT2D eigenvalue weighted by atomic mass is 32.2. The minimum absolute atomic E-state index is 0.0387. The number of amides is 1. The summed E-state index contributed by atoms with van der Waals surface area (Å²) in [5.41, 5.74) is 2.34. The number of carbonyl (C=O) groups is 1. The zero-order valence-corrected chi connectivity index (χ0v) is 15.6. The molecule has 0 saturated heterocycles. The minimum Gasteiger partial charge on any atom is -0.495 e. The number of aryl methyl sites for hydroxylation is 1. The van der Waals surface area contributed by atoms with Gasteiger partial charge in [-0.05, 0) is 30.7 Å². The normalized spacial score (nSPS) is 11.4. The SMILES string of the molecule is COc1ccc(C(=O)NCc2cccc(C)c2)cc1S(=O)(=O)N(C)C. The second-order valence-corrected chi connectivity index (χ2v) is 7.95. The van der Waals surface area contributed by atoms with Crippen LogP contribution in [0.4, 0.5) is 0 Å². The van der Waals surface area contributed by atoms with Crippen LogP contribution >= 0.6 is 0 Å². The molecule has 2 aromatic carbocycles. The predicted molar refractivity (Wildman–Crippen MR) is 96.2 cm³/mol. The monoisotopic (exact) mass is 362 g/mol. The van der Waals surface area contributed by atoms with Crippen LogP contribution in [0.15, 0.2) is 47.4 Å². The second kappa shape index (κ2) is 7.67. The molecule has 0 fully saturated rings. The number of benzene rings is 2. The van der Waals surface area contributed by atoms with Crippen molar-refractivity contribution < 1.29 is 17.9 Å². The summed E-state index contributed by atoms with van der Waals surface area (Å²) in [5, 5.41) is 2.80. The molecule has 6 nitrogen and oxygen atoms in total. The summed E-state index contributed by atoms with van der Waals surface area (Å²) >= 11 is 0. The van der Waals surface area contributed by atoms with Gasteiger partial charge in [0.2, 0.25) is 10.0 Å². The standard InChI is InChI=1S/C18H22N2O4S/c1-13-6-5-7-14(10-13)12-19-18(21)15-8-9-16(24-4)17(11-15)25(22,23)20(2)3/h5-11H,12H2,1-4H3,(H,19,21). The lowest BCUT2D eigenvalue weighted by molar-refractivity contribution is 0.0950. The third kappa shape index (κ3) is 4.37. The largest absolute Gasteiger partial charge is 0.495 e. The maximum absolute atomic E-state index is 12.4. The van der Waals surface area contributed by atoms with Crippen molar-refractivity contribution in [2.24, 2.45) is 0 Å². The average molecular weight is 362 g/mol. The molecule has 0 aromatic heterocycles. The molecule has 0 heterocycles. The Labute approximate surface area is 148 Å². The Hall–Kier alpha value is -2.38.